The Balaban J connectivity index is 1.71. The third-order valence-electron chi connectivity index (χ3n) is 5.65. The van der Waals surface area contributed by atoms with Crippen molar-refractivity contribution in [1.29, 1.82) is 0 Å². The number of nitrogens with two attached hydrogens (primary N) is 1. The number of furan rings is 1. The van der Waals surface area contributed by atoms with E-state index in [4.69, 9.17) is 29.3 Å². The quantitative estimate of drug-likeness (QED) is 0.272. The smallest absolute Gasteiger partial charge is 0.282 e. The Morgan fingerprint density at radius 1 is 1.08 bits per heavy atom. The van der Waals surface area contributed by atoms with Crippen LogP contribution in [0.3, 0.4) is 0 Å². The van der Waals surface area contributed by atoms with Crippen molar-refractivity contribution >= 4 is 49.9 Å². The van der Waals surface area contributed by atoms with E-state index in [0.29, 0.717) is 43.8 Å². The Morgan fingerprint density at radius 2 is 1.87 bits per heavy atom. The number of hydrogen-bond acceptors (Lipinski definition) is 8. The summed E-state index contributed by atoms with van der Waals surface area (Å²) in [5, 5.41) is 5.57. The highest BCUT2D eigenvalue weighted by molar-refractivity contribution is 9.10. The number of amides is 1. The number of halogens is 1. The molecule has 0 fully saturated rings. The third kappa shape index (κ3) is 4.71. The van der Waals surface area contributed by atoms with Crippen LogP contribution in [0.25, 0.3) is 33.5 Å². The molecule has 5 aromatic rings. The van der Waals surface area contributed by atoms with Crippen LogP contribution in [-0.4, -0.2) is 42.6 Å². The molecule has 2 aromatic heterocycles. The zero-order chi connectivity index (χ0) is 26.8. The van der Waals surface area contributed by atoms with Gasteiger partial charge in [0, 0.05) is 10.0 Å². The van der Waals surface area contributed by atoms with Gasteiger partial charge in [-0.15, -0.1) is 0 Å². The van der Waals surface area contributed by atoms with Gasteiger partial charge in [-0.3, -0.25) is 9.59 Å². The van der Waals surface area contributed by atoms with Crippen molar-refractivity contribution in [1.82, 2.24) is 9.66 Å². The zero-order valence-electron chi connectivity index (χ0n) is 20.3. The molecule has 0 aliphatic carbocycles. The monoisotopic (exact) mass is 576 g/mol. The predicted molar refractivity (Wildman–Crippen MR) is 146 cm³/mol. The summed E-state index contributed by atoms with van der Waals surface area (Å²) in [6.45, 7) is -0.373. The summed E-state index contributed by atoms with van der Waals surface area (Å²) < 4.78 is 24.3. The van der Waals surface area contributed by atoms with E-state index >= 15 is 0 Å². The summed E-state index contributed by atoms with van der Waals surface area (Å²) in [4.78, 5) is 29.6. The molecule has 38 heavy (non-hydrogen) atoms. The normalized spacial score (nSPS) is 11.3. The summed E-state index contributed by atoms with van der Waals surface area (Å²) in [5.74, 6) is 1.04. The summed E-state index contributed by atoms with van der Waals surface area (Å²) in [7, 11) is 3.03. The minimum absolute atomic E-state index is 0.185. The lowest BCUT2D eigenvalue weighted by Gasteiger charge is -2.13. The number of carbonyl (C=O) groups is 1. The Kier molecular flexibility index (Phi) is 6.84. The standard InChI is InChI=1S/C27H21BrN4O6/c1-35-20-8-5-9-21-18(20)12-23(38-21)26-31-19-7-4-3-6-17(19)27(34)32(26)30-13-15-10-16(28)11-22(36-2)25(15)37-14-24(29)33/h3-13H,14H2,1-2H3,(H2,29,33). The Morgan fingerprint density at radius 3 is 2.63 bits per heavy atom. The number of carbonyl (C=O) groups excluding carboxylic acids is 1. The van der Waals surface area contributed by atoms with Crippen LogP contribution in [0.5, 0.6) is 17.2 Å². The molecule has 0 saturated heterocycles. The Labute approximate surface area is 224 Å². The number of aromatic nitrogens is 2. The SMILES string of the molecule is COc1cc(Br)cc(C=Nn2c(-c3cc4c(OC)cccc4o3)nc3ccccc3c2=O)c1OCC(N)=O. The van der Waals surface area contributed by atoms with E-state index < -0.39 is 11.5 Å². The second-order valence-electron chi connectivity index (χ2n) is 8.08. The fraction of sp³-hybridized carbons (Fsp3) is 0.111. The van der Waals surface area contributed by atoms with Crippen LogP contribution < -0.4 is 25.5 Å². The van der Waals surface area contributed by atoms with Crippen LogP contribution >= 0.6 is 15.9 Å². The number of hydrogen-bond donors (Lipinski definition) is 1. The molecule has 3 aromatic carbocycles. The van der Waals surface area contributed by atoms with Crippen LogP contribution in [0.1, 0.15) is 5.56 Å². The number of nitrogens with zero attached hydrogens (tertiary/aromatic N) is 3. The molecule has 192 valence electrons. The minimum atomic E-state index is -0.657. The first-order valence-corrected chi connectivity index (χ1v) is 12.1. The third-order valence-corrected chi connectivity index (χ3v) is 6.11. The molecule has 0 radical (unpaired) electrons. The van der Waals surface area contributed by atoms with Gasteiger partial charge in [-0.2, -0.15) is 9.78 Å². The number of rotatable bonds is 8. The number of methoxy groups -OCH3 is 2. The van der Waals surface area contributed by atoms with Gasteiger partial charge in [0.2, 0.25) is 5.82 Å². The lowest BCUT2D eigenvalue weighted by Crippen LogP contribution is -2.21. The zero-order valence-corrected chi connectivity index (χ0v) is 21.9. The molecular weight excluding hydrogens is 556 g/mol. The molecular formula is C27H21BrN4O6. The molecule has 0 atom stereocenters. The number of ether oxygens (including phenoxy) is 3. The lowest BCUT2D eigenvalue weighted by molar-refractivity contribution is -0.119. The van der Waals surface area contributed by atoms with Crippen LogP contribution in [0.15, 0.2) is 79.4 Å². The molecule has 0 saturated carbocycles. The molecule has 5 rings (SSSR count). The van der Waals surface area contributed by atoms with Crippen molar-refractivity contribution < 1.29 is 23.4 Å². The fourth-order valence-corrected chi connectivity index (χ4v) is 4.42. The maximum absolute atomic E-state index is 13.6. The van der Waals surface area contributed by atoms with Crippen LogP contribution in [0, 0.1) is 0 Å². The highest BCUT2D eigenvalue weighted by Crippen LogP contribution is 2.35. The lowest BCUT2D eigenvalue weighted by atomic mass is 10.2. The van der Waals surface area contributed by atoms with E-state index in [0.717, 1.165) is 10.1 Å². The van der Waals surface area contributed by atoms with Crippen LogP contribution in [-0.2, 0) is 4.79 Å². The van der Waals surface area contributed by atoms with Gasteiger partial charge >= 0.3 is 0 Å². The molecule has 11 heteroatoms. The maximum Gasteiger partial charge on any atom is 0.282 e. The van der Waals surface area contributed by atoms with Gasteiger partial charge < -0.3 is 24.4 Å². The highest BCUT2D eigenvalue weighted by atomic mass is 79.9. The molecule has 0 bridgehead atoms. The average Bonchev–Trinajstić information content (AvgIpc) is 3.36. The van der Waals surface area contributed by atoms with Crippen molar-refractivity contribution in [2.75, 3.05) is 20.8 Å². The van der Waals surface area contributed by atoms with Gasteiger partial charge in [0.25, 0.3) is 11.5 Å². The minimum Gasteiger partial charge on any atom is -0.496 e. The summed E-state index contributed by atoms with van der Waals surface area (Å²) in [6, 6.07) is 17.5. The summed E-state index contributed by atoms with van der Waals surface area (Å²) in [5.41, 5.74) is 6.34. The fourth-order valence-electron chi connectivity index (χ4n) is 3.97. The van der Waals surface area contributed by atoms with E-state index in [9.17, 15) is 9.59 Å². The molecule has 0 aliphatic heterocycles. The van der Waals surface area contributed by atoms with E-state index in [1.54, 1.807) is 55.6 Å². The van der Waals surface area contributed by atoms with Gasteiger partial charge in [-0.1, -0.05) is 34.1 Å². The summed E-state index contributed by atoms with van der Waals surface area (Å²) in [6.07, 6.45) is 1.41. The highest BCUT2D eigenvalue weighted by Gasteiger charge is 2.19. The number of para-hydroxylation sites is 1. The van der Waals surface area contributed by atoms with Crippen molar-refractivity contribution in [3.05, 3.63) is 81.1 Å². The van der Waals surface area contributed by atoms with Crippen LogP contribution in [0.2, 0.25) is 0 Å². The molecule has 2 heterocycles. The van der Waals surface area contributed by atoms with Gasteiger partial charge in [-0.05, 0) is 42.5 Å². The van der Waals surface area contributed by atoms with Gasteiger partial charge in [0.05, 0.1) is 36.7 Å². The van der Waals surface area contributed by atoms with Gasteiger partial charge in [-0.25, -0.2) is 4.98 Å². The first-order valence-electron chi connectivity index (χ1n) is 11.3. The van der Waals surface area contributed by atoms with E-state index in [2.05, 4.69) is 21.0 Å². The van der Waals surface area contributed by atoms with Crippen molar-refractivity contribution in [2.24, 2.45) is 10.8 Å². The largest absolute Gasteiger partial charge is 0.496 e. The second-order valence-corrected chi connectivity index (χ2v) is 8.99. The first-order chi connectivity index (χ1) is 18.4. The van der Waals surface area contributed by atoms with Crippen LogP contribution in [0.4, 0.5) is 0 Å². The van der Waals surface area contributed by atoms with Gasteiger partial charge in [0.15, 0.2) is 23.9 Å². The molecule has 1 amide bonds. The van der Waals surface area contributed by atoms with Crippen molar-refractivity contribution in [2.45, 2.75) is 0 Å². The number of benzene rings is 3. The van der Waals surface area contributed by atoms with Gasteiger partial charge in [0.1, 0.15) is 11.3 Å². The van der Waals surface area contributed by atoms with E-state index in [1.165, 1.54) is 13.3 Å². The molecule has 10 nitrogen and oxygen atoms in total. The molecule has 0 unspecified atom stereocenters. The first kappa shape index (κ1) is 25.0. The topological polar surface area (TPSA) is 131 Å². The molecule has 0 aliphatic rings. The molecule has 2 N–H and O–H groups in total. The second kappa shape index (κ2) is 10.4. The molecule has 0 spiro atoms. The maximum atomic E-state index is 13.6. The average molecular weight is 577 g/mol. The van der Waals surface area contributed by atoms with Crippen molar-refractivity contribution in [3.8, 4) is 28.8 Å². The number of primary amides is 1. The number of fused-ring (bicyclic) bond motifs is 2. The van der Waals surface area contributed by atoms with Crippen molar-refractivity contribution in [3.63, 3.8) is 0 Å². The van der Waals surface area contributed by atoms with E-state index in [1.807, 2.05) is 12.1 Å². The van der Waals surface area contributed by atoms with E-state index in [-0.39, 0.29) is 18.2 Å². The Bertz CT molecular complexity index is 1780. The Hall–Kier alpha value is -4.64. The summed E-state index contributed by atoms with van der Waals surface area (Å²) >= 11 is 3.43. The predicted octanol–water partition coefficient (Wildman–Crippen LogP) is 4.34.